The number of amides is 2. The Morgan fingerprint density at radius 1 is 1.33 bits per heavy atom. The SMILES string of the molecule is CCc1cccc(C)c1N1CC(C(=O)NCc2ccco2)CC1=O. The van der Waals surface area contributed by atoms with E-state index in [0.29, 0.717) is 18.8 Å². The highest BCUT2D eigenvalue weighted by Gasteiger charge is 2.36. The summed E-state index contributed by atoms with van der Waals surface area (Å²) in [5.74, 6) is 0.291. The van der Waals surface area contributed by atoms with Gasteiger partial charge in [-0.05, 0) is 36.6 Å². The largest absolute Gasteiger partial charge is 0.467 e. The average Bonchev–Trinajstić information content (AvgIpc) is 3.22. The van der Waals surface area contributed by atoms with Gasteiger partial charge in [-0.3, -0.25) is 9.59 Å². The highest BCUT2D eigenvalue weighted by atomic mass is 16.3. The molecule has 5 heteroatoms. The summed E-state index contributed by atoms with van der Waals surface area (Å²) in [7, 11) is 0. The number of anilines is 1. The van der Waals surface area contributed by atoms with Gasteiger partial charge in [0.05, 0.1) is 18.7 Å². The molecule has 2 amide bonds. The number of furan rings is 1. The lowest BCUT2D eigenvalue weighted by Crippen LogP contribution is -2.33. The second-order valence-electron chi connectivity index (χ2n) is 6.14. The summed E-state index contributed by atoms with van der Waals surface area (Å²) in [4.78, 5) is 26.6. The third-order valence-corrected chi connectivity index (χ3v) is 4.48. The van der Waals surface area contributed by atoms with Crippen molar-refractivity contribution in [1.29, 1.82) is 0 Å². The van der Waals surface area contributed by atoms with E-state index in [1.54, 1.807) is 17.2 Å². The summed E-state index contributed by atoms with van der Waals surface area (Å²) >= 11 is 0. The van der Waals surface area contributed by atoms with Crippen LogP contribution in [0, 0.1) is 12.8 Å². The van der Waals surface area contributed by atoms with Gasteiger partial charge in [0.25, 0.3) is 0 Å². The molecule has 2 aromatic rings. The number of hydrogen-bond acceptors (Lipinski definition) is 3. The quantitative estimate of drug-likeness (QED) is 0.919. The van der Waals surface area contributed by atoms with E-state index >= 15 is 0 Å². The molecule has 126 valence electrons. The van der Waals surface area contributed by atoms with Crippen LogP contribution in [0.2, 0.25) is 0 Å². The highest BCUT2D eigenvalue weighted by Crippen LogP contribution is 2.31. The summed E-state index contributed by atoms with van der Waals surface area (Å²) in [6.07, 6.45) is 2.68. The first kappa shape index (κ1) is 16.3. The van der Waals surface area contributed by atoms with Gasteiger partial charge in [-0.1, -0.05) is 25.1 Å². The molecule has 1 aliphatic rings. The number of para-hydroxylation sites is 1. The molecule has 0 bridgehead atoms. The Kier molecular flexibility index (Phi) is 4.69. The molecule has 0 radical (unpaired) electrons. The summed E-state index contributed by atoms with van der Waals surface area (Å²) < 4.78 is 5.21. The topological polar surface area (TPSA) is 62.6 Å². The minimum atomic E-state index is -0.322. The van der Waals surface area contributed by atoms with Crippen molar-refractivity contribution in [2.24, 2.45) is 5.92 Å². The van der Waals surface area contributed by atoms with E-state index in [0.717, 1.165) is 23.2 Å². The van der Waals surface area contributed by atoms with Crippen LogP contribution >= 0.6 is 0 Å². The van der Waals surface area contributed by atoms with Crippen molar-refractivity contribution < 1.29 is 14.0 Å². The maximum atomic E-state index is 12.5. The first-order chi connectivity index (χ1) is 11.6. The molecular formula is C19H22N2O3. The van der Waals surface area contributed by atoms with Crippen LogP contribution in [0.15, 0.2) is 41.0 Å². The minimum absolute atomic E-state index is 0.0112. The van der Waals surface area contributed by atoms with Crippen LogP contribution in [0.5, 0.6) is 0 Å². The molecule has 1 fully saturated rings. The van der Waals surface area contributed by atoms with Crippen molar-refractivity contribution in [3.8, 4) is 0 Å². The molecule has 5 nitrogen and oxygen atoms in total. The second-order valence-corrected chi connectivity index (χ2v) is 6.14. The zero-order chi connectivity index (χ0) is 17.1. The average molecular weight is 326 g/mol. The van der Waals surface area contributed by atoms with Crippen molar-refractivity contribution in [3.63, 3.8) is 0 Å². The maximum Gasteiger partial charge on any atom is 0.227 e. The Morgan fingerprint density at radius 2 is 2.17 bits per heavy atom. The normalized spacial score (nSPS) is 17.3. The van der Waals surface area contributed by atoms with E-state index in [2.05, 4.69) is 12.2 Å². The third kappa shape index (κ3) is 3.20. The predicted molar refractivity (Wildman–Crippen MR) is 91.6 cm³/mol. The van der Waals surface area contributed by atoms with E-state index < -0.39 is 0 Å². The fraction of sp³-hybridized carbons (Fsp3) is 0.368. The molecule has 24 heavy (non-hydrogen) atoms. The van der Waals surface area contributed by atoms with E-state index in [1.165, 1.54) is 0 Å². The van der Waals surface area contributed by atoms with Gasteiger partial charge in [-0.15, -0.1) is 0 Å². The number of rotatable bonds is 5. The van der Waals surface area contributed by atoms with Crippen LogP contribution < -0.4 is 10.2 Å². The molecule has 1 saturated heterocycles. The van der Waals surface area contributed by atoms with E-state index in [9.17, 15) is 9.59 Å². The number of carbonyl (C=O) groups excluding carboxylic acids is 2. The molecule has 3 rings (SSSR count). The fourth-order valence-electron chi connectivity index (χ4n) is 3.22. The molecule has 0 spiro atoms. The monoisotopic (exact) mass is 326 g/mol. The predicted octanol–water partition coefficient (Wildman–Crippen LogP) is 2.82. The molecule has 1 N–H and O–H groups in total. The zero-order valence-corrected chi connectivity index (χ0v) is 14.0. The van der Waals surface area contributed by atoms with Crippen molar-refractivity contribution in [1.82, 2.24) is 5.32 Å². The zero-order valence-electron chi connectivity index (χ0n) is 14.0. The molecule has 1 aromatic heterocycles. The summed E-state index contributed by atoms with van der Waals surface area (Å²) in [6.45, 7) is 4.86. The molecule has 1 aromatic carbocycles. The van der Waals surface area contributed by atoms with Gasteiger partial charge in [0.2, 0.25) is 11.8 Å². The van der Waals surface area contributed by atoms with E-state index in [1.807, 2.05) is 31.2 Å². The van der Waals surface area contributed by atoms with Gasteiger partial charge in [0.1, 0.15) is 5.76 Å². The number of benzene rings is 1. The number of carbonyl (C=O) groups is 2. The fourth-order valence-corrected chi connectivity index (χ4v) is 3.22. The Bertz CT molecular complexity index is 737. The Morgan fingerprint density at radius 3 is 2.88 bits per heavy atom. The van der Waals surface area contributed by atoms with Gasteiger partial charge in [0.15, 0.2) is 0 Å². The number of nitrogens with one attached hydrogen (secondary N) is 1. The minimum Gasteiger partial charge on any atom is -0.467 e. The molecule has 0 saturated carbocycles. The van der Waals surface area contributed by atoms with Gasteiger partial charge >= 0.3 is 0 Å². The van der Waals surface area contributed by atoms with Crippen LogP contribution in [0.25, 0.3) is 0 Å². The molecule has 2 heterocycles. The maximum absolute atomic E-state index is 12.5. The smallest absolute Gasteiger partial charge is 0.227 e. The summed E-state index contributed by atoms with van der Waals surface area (Å²) in [5.41, 5.74) is 3.17. The molecular weight excluding hydrogens is 304 g/mol. The van der Waals surface area contributed by atoms with Crippen LogP contribution in [0.3, 0.4) is 0 Å². The lowest BCUT2D eigenvalue weighted by Gasteiger charge is -2.22. The first-order valence-corrected chi connectivity index (χ1v) is 8.29. The van der Waals surface area contributed by atoms with Crippen LogP contribution in [-0.2, 0) is 22.6 Å². The lowest BCUT2D eigenvalue weighted by molar-refractivity contribution is -0.126. The van der Waals surface area contributed by atoms with Crippen molar-refractivity contribution in [2.75, 3.05) is 11.4 Å². The number of aryl methyl sites for hydroxylation is 2. The van der Waals surface area contributed by atoms with E-state index in [4.69, 9.17) is 4.42 Å². The van der Waals surface area contributed by atoms with Gasteiger partial charge in [-0.25, -0.2) is 0 Å². The Labute approximate surface area is 141 Å². The lowest BCUT2D eigenvalue weighted by atomic mass is 10.0. The summed E-state index contributed by atoms with van der Waals surface area (Å²) in [5, 5.41) is 2.85. The number of hydrogen-bond donors (Lipinski definition) is 1. The Hall–Kier alpha value is -2.56. The van der Waals surface area contributed by atoms with E-state index in [-0.39, 0.29) is 24.2 Å². The van der Waals surface area contributed by atoms with Gasteiger partial charge in [0, 0.05) is 18.7 Å². The summed E-state index contributed by atoms with van der Waals surface area (Å²) in [6, 6.07) is 9.65. The Balaban J connectivity index is 1.71. The second kappa shape index (κ2) is 6.91. The molecule has 1 unspecified atom stereocenters. The standard InChI is InChI=1S/C19H22N2O3/c1-3-14-7-4-6-13(2)18(14)21-12-15(10-17(21)22)19(23)20-11-16-8-5-9-24-16/h4-9,15H,3,10-12H2,1-2H3,(H,20,23). The number of nitrogens with zero attached hydrogens (tertiary/aromatic N) is 1. The van der Waals surface area contributed by atoms with Crippen LogP contribution in [-0.4, -0.2) is 18.4 Å². The molecule has 1 aliphatic heterocycles. The van der Waals surface area contributed by atoms with Crippen molar-refractivity contribution in [3.05, 3.63) is 53.5 Å². The van der Waals surface area contributed by atoms with Crippen LogP contribution in [0.4, 0.5) is 5.69 Å². The molecule has 1 atom stereocenters. The molecule has 0 aliphatic carbocycles. The third-order valence-electron chi connectivity index (χ3n) is 4.48. The van der Waals surface area contributed by atoms with Crippen molar-refractivity contribution in [2.45, 2.75) is 33.2 Å². The van der Waals surface area contributed by atoms with Crippen LogP contribution in [0.1, 0.15) is 30.2 Å². The van der Waals surface area contributed by atoms with Gasteiger partial charge in [-0.2, -0.15) is 0 Å². The highest BCUT2D eigenvalue weighted by molar-refractivity contribution is 6.01. The van der Waals surface area contributed by atoms with Gasteiger partial charge < -0.3 is 14.6 Å². The first-order valence-electron chi connectivity index (χ1n) is 8.29. The van der Waals surface area contributed by atoms with Crippen molar-refractivity contribution >= 4 is 17.5 Å².